The molecule has 0 bridgehead atoms. The Balaban J connectivity index is 2.46. The van der Waals surface area contributed by atoms with Crippen molar-refractivity contribution < 1.29 is 9.18 Å². The zero-order valence-corrected chi connectivity index (χ0v) is 10.8. The highest BCUT2D eigenvalue weighted by molar-refractivity contribution is 9.10. The molecule has 0 unspecified atom stereocenters. The lowest BCUT2D eigenvalue weighted by molar-refractivity contribution is -0.127. The van der Waals surface area contributed by atoms with Gasteiger partial charge in [0.1, 0.15) is 5.82 Å². The Labute approximate surface area is 103 Å². The molecule has 0 aliphatic rings. The van der Waals surface area contributed by atoms with E-state index in [0.29, 0.717) is 11.0 Å². The van der Waals surface area contributed by atoms with Crippen LogP contribution in [0.3, 0.4) is 0 Å². The molecule has 1 rings (SSSR count). The summed E-state index contributed by atoms with van der Waals surface area (Å²) in [4.78, 5) is 12.8. The maximum Gasteiger partial charge on any atom is 0.236 e. The zero-order chi connectivity index (χ0) is 12.1. The third-order valence-electron chi connectivity index (χ3n) is 2.03. The largest absolute Gasteiger partial charge is 0.348 e. The van der Waals surface area contributed by atoms with E-state index >= 15 is 0 Å². The van der Waals surface area contributed by atoms with Gasteiger partial charge in [0.05, 0.1) is 6.54 Å². The first kappa shape index (κ1) is 13.1. The Kier molecular flexibility index (Phi) is 4.89. The van der Waals surface area contributed by atoms with Crippen LogP contribution in [0.2, 0.25) is 0 Å². The summed E-state index contributed by atoms with van der Waals surface area (Å²) in [6, 6.07) is 4.66. The van der Waals surface area contributed by atoms with E-state index in [9.17, 15) is 9.18 Å². The molecule has 0 radical (unpaired) electrons. The molecule has 1 N–H and O–H groups in total. The molecule has 1 aromatic carbocycles. The van der Waals surface area contributed by atoms with Crippen molar-refractivity contribution in [2.75, 3.05) is 20.6 Å². The van der Waals surface area contributed by atoms with Crippen molar-refractivity contribution in [2.24, 2.45) is 0 Å². The molecular formula is C11H14BrFN2O. The van der Waals surface area contributed by atoms with Gasteiger partial charge in [-0.15, -0.1) is 0 Å². The second kappa shape index (κ2) is 5.96. The molecule has 0 saturated carbocycles. The smallest absolute Gasteiger partial charge is 0.236 e. The zero-order valence-electron chi connectivity index (χ0n) is 9.26. The van der Waals surface area contributed by atoms with Crippen LogP contribution in [-0.4, -0.2) is 31.4 Å². The van der Waals surface area contributed by atoms with E-state index in [4.69, 9.17) is 0 Å². The maximum absolute atomic E-state index is 13.0. The summed E-state index contributed by atoms with van der Waals surface area (Å²) in [5.74, 6) is -0.291. The first-order chi connectivity index (χ1) is 7.49. The molecule has 0 aromatic heterocycles. The molecular weight excluding hydrogens is 275 g/mol. The molecule has 0 heterocycles. The van der Waals surface area contributed by atoms with Crippen LogP contribution in [-0.2, 0) is 11.3 Å². The molecule has 0 fully saturated rings. The van der Waals surface area contributed by atoms with Gasteiger partial charge in [-0.3, -0.25) is 4.79 Å². The van der Waals surface area contributed by atoms with Crippen LogP contribution in [0.25, 0.3) is 0 Å². The Bertz CT molecular complexity index is 362. The highest BCUT2D eigenvalue weighted by atomic mass is 79.9. The second-order valence-corrected chi connectivity index (χ2v) is 4.59. The molecule has 16 heavy (non-hydrogen) atoms. The minimum Gasteiger partial charge on any atom is -0.348 e. The van der Waals surface area contributed by atoms with E-state index in [0.717, 1.165) is 5.56 Å². The number of benzene rings is 1. The van der Waals surface area contributed by atoms with Crippen LogP contribution in [0, 0.1) is 5.82 Å². The standard InChI is InChI=1S/C11H14BrFN2O/c1-15(2)11(16)7-14-6-8-3-9(12)5-10(13)4-8/h3-5,14H,6-7H2,1-2H3. The van der Waals surface area contributed by atoms with Crippen molar-refractivity contribution in [3.63, 3.8) is 0 Å². The van der Waals surface area contributed by atoms with Crippen molar-refractivity contribution in [3.05, 3.63) is 34.1 Å². The van der Waals surface area contributed by atoms with Crippen molar-refractivity contribution >= 4 is 21.8 Å². The van der Waals surface area contributed by atoms with E-state index < -0.39 is 0 Å². The normalized spacial score (nSPS) is 10.2. The quantitative estimate of drug-likeness (QED) is 0.916. The fraction of sp³-hybridized carbons (Fsp3) is 0.364. The first-order valence-electron chi connectivity index (χ1n) is 4.85. The number of carbonyl (C=O) groups excluding carboxylic acids is 1. The number of rotatable bonds is 4. The van der Waals surface area contributed by atoms with Gasteiger partial charge in [-0.2, -0.15) is 0 Å². The molecule has 1 aromatic rings. The number of carbonyl (C=O) groups is 1. The van der Waals surface area contributed by atoms with Crippen molar-refractivity contribution in [3.8, 4) is 0 Å². The summed E-state index contributed by atoms with van der Waals surface area (Å²) in [5.41, 5.74) is 0.804. The lowest BCUT2D eigenvalue weighted by atomic mass is 10.2. The fourth-order valence-electron chi connectivity index (χ4n) is 1.18. The predicted octanol–water partition coefficient (Wildman–Crippen LogP) is 1.77. The van der Waals surface area contributed by atoms with Gasteiger partial charge in [0.2, 0.25) is 5.91 Å². The Morgan fingerprint density at radius 2 is 2.12 bits per heavy atom. The summed E-state index contributed by atoms with van der Waals surface area (Å²) in [5, 5.41) is 2.96. The van der Waals surface area contributed by atoms with Gasteiger partial charge in [-0.05, 0) is 23.8 Å². The Morgan fingerprint density at radius 3 is 2.69 bits per heavy atom. The number of nitrogens with zero attached hydrogens (tertiary/aromatic N) is 1. The third kappa shape index (κ3) is 4.28. The summed E-state index contributed by atoms with van der Waals surface area (Å²) in [6.45, 7) is 0.719. The molecule has 1 amide bonds. The molecule has 0 aliphatic carbocycles. The minimum atomic E-state index is -0.287. The van der Waals surface area contributed by atoms with Crippen LogP contribution in [0.5, 0.6) is 0 Å². The van der Waals surface area contributed by atoms with Crippen LogP contribution in [0.1, 0.15) is 5.56 Å². The third-order valence-corrected chi connectivity index (χ3v) is 2.48. The Morgan fingerprint density at radius 1 is 1.44 bits per heavy atom. The number of hydrogen-bond acceptors (Lipinski definition) is 2. The predicted molar refractivity (Wildman–Crippen MR) is 64.5 cm³/mol. The van der Waals surface area contributed by atoms with Gasteiger partial charge in [-0.1, -0.05) is 15.9 Å². The fourth-order valence-corrected chi connectivity index (χ4v) is 1.70. The number of amides is 1. The Hall–Kier alpha value is -0.940. The van der Waals surface area contributed by atoms with Crippen molar-refractivity contribution in [1.82, 2.24) is 10.2 Å². The summed E-state index contributed by atoms with van der Waals surface area (Å²) >= 11 is 3.21. The van der Waals surface area contributed by atoms with Gasteiger partial charge >= 0.3 is 0 Å². The van der Waals surface area contributed by atoms with Gasteiger partial charge in [-0.25, -0.2) is 4.39 Å². The van der Waals surface area contributed by atoms with E-state index in [2.05, 4.69) is 21.2 Å². The summed E-state index contributed by atoms with van der Waals surface area (Å²) < 4.78 is 13.7. The first-order valence-corrected chi connectivity index (χ1v) is 5.64. The molecule has 0 aliphatic heterocycles. The van der Waals surface area contributed by atoms with E-state index in [1.165, 1.54) is 17.0 Å². The van der Waals surface area contributed by atoms with Gasteiger partial charge in [0.25, 0.3) is 0 Å². The van der Waals surface area contributed by atoms with Crippen LogP contribution < -0.4 is 5.32 Å². The number of likely N-dealkylation sites (N-methyl/N-ethyl adjacent to an activating group) is 1. The maximum atomic E-state index is 13.0. The second-order valence-electron chi connectivity index (χ2n) is 3.67. The summed E-state index contributed by atoms with van der Waals surface area (Å²) in [7, 11) is 3.39. The van der Waals surface area contributed by atoms with Crippen LogP contribution in [0.15, 0.2) is 22.7 Å². The molecule has 0 spiro atoms. The van der Waals surface area contributed by atoms with E-state index in [1.54, 1.807) is 14.1 Å². The molecule has 5 heteroatoms. The summed E-state index contributed by atoms with van der Waals surface area (Å²) in [6.07, 6.45) is 0. The van der Waals surface area contributed by atoms with E-state index in [1.807, 2.05) is 6.07 Å². The minimum absolute atomic E-state index is 0.00420. The highest BCUT2D eigenvalue weighted by Gasteiger charge is 2.03. The molecule has 88 valence electrons. The number of nitrogens with one attached hydrogen (secondary N) is 1. The molecule has 3 nitrogen and oxygen atoms in total. The molecule has 0 atom stereocenters. The topological polar surface area (TPSA) is 32.3 Å². The van der Waals surface area contributed by atoms with Crippen LogP contribution >= 0.6 is 15.9 Å². The monoisotopic (exact) mass is 288 g/mol. The van der Waals surface area contributed by atoms with E-state index in [-0.39, 0.29) is 18.3 Å². The number of halogens is 2. The SMILES string of the molecule is CN(C)C(=O)CNCc1cc(F)cc(Br)c1. The lowest BCUT2D eigenvalue weighted by Gasteiger charge is -2.11. The van der Waals surface area contributed by atoms with Gasteiger partial charge in [0.15, 0.2) is 0 Å². The van der Waals surface area contributed by atoms with Gasteiger partial charge < -0.3 is 10.2 Å². The van der Waals surface area contributed by atoms with Crippen LogP contribution in [0.4, 0.5) is 4.39 Å². The highest BCUT2D eigenvalue weighted by Crippen LogP contribution is 2.14. The average molecular weight is 289 g/mol. The van der Waals surface area contributed by atoms with Crippen molar-refractivity contribution in [1.29, 1.82) is 0 Å². The van der Waals surface area contributed by atoms with Gasteiger partial charge in [0, 0.05) is 25.1 Å². The van der Waals surface area contributed by atoms with Crippen molar-refractivity contribution in [2.45, 2.75) is 6.54 Å². The lowest BCUT2D eigenvalue weighted by Crippen LogP contribution is -2.32. The number of hydrogen-bond donors (Lipinski definition) is 1. The molecule has 0 saturated heterocycles. The average Bonchev–Trinajstić information content (AvgIpc) is 2.15.